The molecule has 1 N–H and O–H groups in total. The Hall–Kier alpha value is -1.72. The van der Waals surface area contributed by atoms with Crippen molar-refractivity contribution in [3.05, 3.63) is 45.6 Å². The largest absolute Gasteiger partial charge is 0.365 e. The molecule has 0 saturated carbocycles. The van der Waals surface area contributed by atoms with E-state index in [2.05, 4.69) is 20.3 Å². The molecule has 4 nitrogen and oxygen atoms in total. The molecule has 2 aromatic heterocycles. The van der Waals surface area contributed by atoms with Gasteiger partial charge >= 0.3 is 0 Å². The number of benzene rings is 1. The van der Waals surface area contributed by atoms with Gasteiger partial charge in [-0.1, -0.05) is 11.6 Å². The van der Waals surface area contributed by atoms with Crippen LogP contribution in [-0.2, 0) is 6.54 Å². The van der Waals surface area contributed by atoms with Crippen LogP contribution in [-0.4, -0.2) is 15.0 Å². The molecule has 0 radical (unpaired) electrons. The maximum absolute atomic E-state index is 5.96. The van der Waals surface area contributed by atoms with E-state index >= 15 is 0 Å². The average molecular weight is 291 g/mol. The molecule has 19 heavy (non-hydrogen) atoms. The predicted octanol–water partition coefficient (Wildman–Crippen LogP) is 3.66. The van der Waals surface area contributed by atoms with Gasteiger partial charge in [-0.25, -0.2) is 15.0 Å². The first-order valence-corrected chi connectivity index (χ1v) is 6.97. The van der Waals surface area contributed by atoms with Crippen LogP contribution in [0.4, 0.5) is 5.82 Å². The third-order valence-corrected chi connectivity index (χ3v) is 3.85. The normalized spacial score (nSPS) is 10.8. The number of hydrogen-bond acceptors (Lipinski definition) is 5. The van der Waals surface area contributed by atoms with Crippen LogP contribution in [0.15, 0.2) is 30.7 Å². The SMILES string of the molecule is Cc1ncc(CNc2ncnc3cc(Cl)ccc23)s1. The number of aryl methyl sites for hydroxylation is 1. The molecular formula is C13H11ClN4S. The van der Waals surface area contributed by atoms with Gasteiger partial charge in [-0.15, -0.1) is 11.3 Å². The zero-order valence-corrected chi connectivity index (χ0v) is 11.8. The topological polar surface area (TPSA) is 50.7 Å². The first-order chi connectivity index (χ1) is 9.22. The Morgan fingerprint density at radius 2 is 2.16 bits per heavy atom. The maximum Gasteiger partial charge on any atom is 0.137 e. The fraction of sp³-hybridized carbons (Fsp3) is 0.154. The Morgan fingerprint density at radius 3 is 2.95 bits per heavy atom. The number of nitrogens with zero attached hydrogens (tertiary/aromatic N) is 3. The van der Waals surface area contributed by atoms with Gasteiger partial charge in [0.15, 0.2) is 0 Å². The third-order valence-electron chi connectivity index (χ3n) is 2.70. The van der Waals surface area contributed by atoms with Gasteiger partial charge in [0, 0.05) is 21.5 Å². The Bertz CT molecular complexity index is 725. The highest BCUT2D eigenvalue weighted by molar-refractivity contribution is 7.11. The lowest BCUT2D eigenvalue weighted by Gasteiger charge is -2.07. The van der Waals surface area contributed by atoms with Crippen molar-refractivity contribution in [2.45, 2.75) is 13.5 Å². The monoisotopic (exact) mass is 290 g/mol. The van der Waals surface area contributed by atoms with Crippen molar-refractivity contribution >= 4 is 39.7 Å². The smallest absolute Gasteiger partial charge is 0.137 e. The molecule has 0 aliphatic carbocycles. The standard InChI is InChI=1S/C13H11ClN4S/c1-8-15-5-10(19-8)6-16-13-11-3-2-9(14)4-12(11)17-7-18-13/h2-5,7H,6H2,1H3,(H,16,17,18). The zero-order valence-electron chi connectivity index (χ0n) is 10.2. The molecule has 0 bridgehead atoms. The fourth-order valence-electron chi connectivity index (χ4n) is 1.83. The highest BCUT2D eigenvalue weighted by Crippen LogP contribution is 2.23. The van der Waals surface area contributed by atoms with Crippen LogP contribution in [0, 0.1) is 6.92 Å². The van der Waals surface area contributed by atoms with Crippen LogP contribution >= 0.6 is 22.9 Å². The summed E-state index contributed by atoms with van der Waals surface area (Å²) in [4.78, 5) is 13.9. The number of thiazole rings is 1. The lowest BCUT2D eigenvalue weighted by atomic mass is 10.2. The van der Waals surface area contributed by atoms with Crippen molar-refractivity contribution in [3.63, 3.8) is 0 Å². The van der Waals surface area contributed by atoms with E-state index in [-0.39, 0.29) is 0 Å². The van der Waals surface area contributed by atoms with Crippen LogP contribution in [0.1, 0.15) is 9.88 Å². The Morgan fingerprint density at radius 1 is 1.26 bits per heavy atom. The van der Waals surface area contributed by atoms with Crippen molar-refractivity contribution in [3.8, 4) is 0 Å². The van der Waals surface area contributed by atoms with E-state index in [0.29, 0.717) is 11.6 Å². The third kappa shape index (κ3) is 2.67. The van der Waals surface area contributed by atoms with Gasteiger partial charge in [0.1, 0.15) is 12.1 Å². The number of aromatic nitrogens is 3. The lowest BCUT2D eigenvalue weighted by Crippen LogP contribution is -2.01. The Labute approximate surface area is 119 Å². The van der Waals surface area contributed by atoms with Gasteiger partial charge in [-0.3, -0.25) is 0 Å². The number of anilines is 1. The van der Waals surface area contributed by atoms with Crippen molar-refractivity contribution in [1.29, 1.82) is 0 Å². The molecule has 2 heterocycles. The van der Waals surface area contributed by atoms with E-state index in [1.807, 2.05) is 31.3 Å². The average Bonchev–Trinajstić information content (AvgIpc) is 2.81. The zero-order chi connectivity index (χ0) is 13.2. The van der Waals surface area contributed by atoms with Gasteiger partial charge in [-0.05, 0) is 25.1 Å². The first-order valence-electron chi connectivity index (χ1n) is 5.78. The van der Waals surface area contributed by atoms with E-state index in [9.17, 15) is 0 Å². The minimum absolute atomic E-state index is 0.676. The molecule has 0 amide bonds. The fourth-order valence-corrected chi connectivity index (χ4v) is 2.73. The highest BCUT2D eigenvalue weighted by atomic mass is 35.5. The molecule has 0 atom stereocenters. The summed E-state index contributed by atoms with van der Waals surface area (Å²) in [6.07, 6.45) is 3.42. The highest BCUT2D eigenvalue weighted by Gasteiger charge is 2.05. The molecule has 0 spiro atoms. The Kier molecular flexibility index (Phi) is 3.31. The second-order valence-corrected chi connectivity index (χ2v) is 5.84. The molecule has 0 unspecified atom stereocenters. The predicted molar refractivity (Wildman–Crippen MR) is 78.7 cm³/mol. The van der Waals surface area contributed by atoms with Crippen LogP contribution in [0.3, 0.4) is 0 Å². The lowest BCUT2D eigenvalue weighted by molar-refractivity contribution is 1.12. The molecule has 0 aliphatic rings. The van der Waals surface area contributed by atoms with Gasteiger partial charge in [0.25, 0.3) is 0 Å². The van der Waals surface area contributed by atoms with Gasteiger partial charge in [-0.2, -0.15) is 0 Å². The van der Waals surface area contributed by atoms with Gasteiger partial charge < -0.3 is 5.32 Å². The molecule has 1 aromatic carbocycles. The number of nitrogens with one attached hydrogen (secondary N) is 1. The molecular weight excluding hydrogens is 280 g/mol. The van der Waals surface area contributed by atoms with Gasteiger partial charge in [0.2, 0.25) is 0 Å². The second-order valence-electron chi connectivity index (χ2n) is 4.08. The summed E-state index contributed by atoms with van der Waals surface area (Å²) in [5, 5.41) is 6.02. The summed E-state index contributed by atoms with van der Waals surface area (Å²) in [5.41, 5.74) is 0.838. The van der Waals surface area contributed by atoms with Crippen LogP contribution in [0.5, 0.6) is 0 Å². The van der Waals surface area contributed by atoms with Crippen LogP contribution < -0.4 is 5.32 Å². The van der Waals surface area contributed by atoms with Crippen molar-refractivity contribution in [2.24, 2.45) is 0 Å². The van der Waals surface area contributed by atoms with Crippen molar-refractivity contribution in [2.75, 3.05) is 5.32 Å². The van der Waals surface area contributed by atoms with Crippen LogP contribution in [0.25, 0.3) is 10.9 Å². The van der Waals surface area contributed by atoms with Crippen LogP contribution in [0.2, 0.25) is 5.02 Å². The molecule has 3 aromatic rings. The molecule has 0 saturated heterocycles. The number of fused-ring (bicyclic) bond motifs is 1. The van der Waals surface area contributed by atoms with E-state index < -0.39 is 0 Å². The Balaban J connectivity index is 1.88. The number of halogens is 1. The summed E-state index contributed by atoms with van der Waals surface area (Å²) in [7, 11) is 0. The summed E-state index contributed by atoms with van der Waals surface area (Å²) in [6.45, 7) is 2.70. The quantitative estimate of drug-likeness (QED) is 0.800. The van der Waals surface area contributed by atoms with Gasteiger partial charge in [0.05, 0.1) is 17.1 Å². The summed E-state index contributed by atoms with van der Waals surface area (Å²) < 4.78 is 0. The molecule has 96 valence electrons. The summed E-state index contributed by atoms with van der Waals surface area (Å²) in [6, 6.07) is 5.60. The minimum atomic E-state index is 0.676. The summed E-state index contributed by atoms with van der Waals surface area (Å²) in [5.74, 6) is 0.813. The maximum atomic E-state index is 5.96. The first kappa shape index (κ1) is 12.3. The molecule has 0 aliphatic heterocycles. The van der Waals surface area contributed by atoms with Crippen molar-refractivity contribution in [1.82, 2.24) is 15.0 Å². The van der Waals surface area contributed by atoms with E-state index in [0.717, 1.165) is 21.7 Å². The minimum Gasteiger partial charge on any atom is -0.365 e. The van der Waals surface area contributed by atoms with Crippen molar-refractivity contribution < 1.29 is 0 Å². The summed E-state index contributed by atoms with van der Waals surface area (Å²) >= 11 is 7.64. The van der Waals surface area contributed by atoms with E-state index in [1.54, 1.807) is 17.7 Å². The molecule has 6 heteroatoms. The molecule has 0 fully saturated rings. The number of rotatable bonds is 3. The second kappa shape index (κ2) is 5.11. The molecule has 3 rings (SSSR count). The van der Waals surface area contributed by atoms with E-state index in [4.69, 9.17) is 11.6 Å². The van der Waals surface area contributed by atoms with E-state index in [1.165, 1.54) is 4.88 Å². The number of hydrogen-bond donors (Lipinski definition) is 1.